The Morgan fingerprint density at radius 3 is 2.78 bits per heavy atom. The van der Waals surface area contributed by atoms with Gasteiger partial charge in [-0.2, -0.15) is 0 Å². The highest BCUT2D eigenvalue weighted by molar-refractivity contribution is 6.30. The molecule has 4 heterocycles. The summed E-state index contributed by atoms with van der Waals surface area (Å²) in [6, 6.07) is 17.4. The van der Waals surface area contributed by atoms with Crippen LogP contribution >= 0.6 is 11.6 Å². The predicted octanol–water partition coefficient (Wildman–Crippen LogP) is 7.00. The summed E-state index contributed by atoms with van der Waals surface area (Å²) >= 11 is 6.20. The Labute approximate surface area is 243 Å². The second-order valence-electron chi connectivity index (χ2n) is 10.6. The zero-order valence-electron chi connectivity index (χ0n) is 23.2. The maximum absolute atomic E-state index is 13.9. The van der Waals surface area contributed by atoms with Crippen LogP contribution in [0, 0.1) is 0 Å². The number of aromatic amines is 1. The molecule has 1 saturated heterocycles. The summed E-state index contributed by atoms with van der Waals surface area (Å²) in [5.74, 6) is 1.19. The number of hydrogen-bond donors (Lipinski definition) is 1. The minimum atomic E-state index is -0.884. The second kappa shape index (κ2) is 11.6. The molecule has 0 spiro atoms. The van der Waals surface area contributed by atoms with E-state index in [-0.39, 0.29) is 12.1 Å². The summed E-state index contributed by atoms with van der Waals surface area (Å²) in [4.78, 5) is 26.8. The Bertz CT molecular complexity index is 1690. The van der Waals surface area contributed by atoms with Crippen LogP contribution in [-0.2, 0) is 14.9 Å². The number of carbonyl (C=O) groups excluding carboxylic acids is 1. The van der Waals surface area contributed by atoms with Crippen LogP contribution in [0.1, 0.15) is 55.8 Å². The number of benzene rings is 2. The summed E-state index contributed by atoms with van der Waals surface area (Å²) in [5.41, 5.74) is 3.86. The Kier molecular flexibility index (Phi) is 7.79. The van der Waals surface area contributed by atoms with Gasteiger partial charge in [-0.3, -0.25) is 4.79 Å². The van der Waals surface area contributed by atoms with Gasteiger partial charge in [-0.25, -0.2) is 9.97 Å². The number of pyridine rings is 1. The summed E-state index contributed by atoms with van der Waals surface area (Å²) in [6.07, 6.45) is 7.14. The third-order valence-electron chi connectivity index (χ3n) is 7.82. The van der Waals surface area contributed by atoms with Crippen molar-refractivity contribution in [1.82, 2.24) is 19.4 Å². The standard InChI is InChI=1S/C32H33ClN4O4/c1-3-32(2,31-35-25-12-10-22(18-26(25)36-31)21-7-6-8-23(33)17-21)30(38)27-20-37-19-24(11-13-28(37)34-27)39-15-16-41-29-9-4-5-14-40-29/h6-8,10-13,17-20,29H,3-5,9,14-16H2,1-2H3,(H,35,36). The minimum Gasteiger partial charge on any atom is -0.490 e. The molecular formula is C32H33ClN4O4. The molecule has 2 aromatic carbocycles. The third kappa shape index (κ3) is 5.73. The predicted molar refractivity (Wildman–Crippen MR) is 159 cm³/mol. The fraction of sp³-hybridized carbons (Fsp3) is 0.344. The average Bonchev–Trinajstić information content (AvgIpc) is 3.63. The van der Waals surface area contributed by atoms with Gasteiger partial charge >= 0.3 is 0 Å². The molecule has 41 heavy (non-hydrogen) atoms. The lowest BCUT2D eigenvalue weighted by atomic mass is 9.81. The first-order valence-electron chi connectivity index (χ1n) is 14.1. The van der Waals surface area contributed by atoms with E-state index in [9.17, 15) is 4.79 Å². The van der Waals surface area contributed by atoms with Crippen LogP contribution in [-0.4, -0.2) is 51.2 Å². The van der Waals surface area contributed by atoms with Crippen LogP contribution in [0.3, 0.4) is 0 Å². The number of carbonyl (C=O) groups is 1. The van der Waals surface area contributed by atoms with E-state index < -0.39 is 5.41 Å². The van der Waals surface area contributed by atoms with Crippen molar-refractivity contribution in [2.24, 2.45) is 0 Å². The van der Waals surface area contributed by atoms with Gasteiger partial charge in [0.05, 0.1) is 29.3 Å². The molecule has 0 amide bonds. The van der Waals surface area contributed by atoms with E-state index in [1.54, 1.807) is 6.20 Å². The van der Waals surface area contributed by atoms with Gasteiger partial charge < -0.3 is 23.6 Å². The van der Waals surface area contributed by atoms with Crippen LogP contribution in [0.15, 0.2) is 67.0 Å². The number of imidazole rings is 2. The number of halogens is 1. The molecule has 2 unspecified atom stereocenters. The normalized spacial score (nSPS) is 17.1. The number of rotatable bonds is 10. The van der Waals surface area contributed by atoms with E-state index in [4.69, 9.17) is 30.8 Å². The van der Waals surface area contributed by atoms with Crippen molar-refractivity contribution in [3.05, 3.63) is 83.5 Å². The number of fused-ring (bicyclic) bond motifs is 2. The molecule has 5 aromatic rings. The molecule has 8 nitrogen and oxygen atoms in total. The summed E-state index contributed by atoms with van der Waals surface area (Å²) in [7, 11) is 0. The van der Waals surface area contributed by atoms with Crippen molar-refractivity contribution < 1.29 is 19.0 Å². The lowest BCUT2D eigenvalue weighted by Gasteiger charge is -2.23. The average molecular weight is 573 g/mol. The lowest BCUT2D eigenvalue weighted by Crippen LogP contribution is -2.33. The molecule has 6 rings (SSSR count). The van der Waals surface area contributed by atoms with Crippen molar-refractivity contribution >= 4 is 34.1 Å². The molecule has 0 aliphatic carbocycles. The topological polar surface area (TPSA) is 90.7 Å². The van der Waals surface area contributed by atoms with E-state index >= 15 is 0 Å². The molecule has 1 aliphatic rings. The number of nitrogens with one attached hydrogen (secondary N) is 1. The number of aromatic nitrogens is 4. The number of H-pyrrole nitrogens is 1. The molecule has 0 radical (unpaired) electrons. The zero-order valence-corrected chi connectivity index (χ0v) is 24.0. The Morgan fingerprint density at radius 1 is 1.10 bits per heavy atom. The lowest BCUT2D eigenvalue weighted by molar-refractivity contribution is -0.165. The van der Waals surface area contributed by atoms with Crippen molar-refractivity contribution in [2.45, 2.75) is 51.2 Å². The van der Waals surface area contributed by atoms with Gasteiger partial charge in [0.15, 0.2) is 12.1 Å². The minimum absolute atomic E-state index is 0.0961. The maximum atomic E-state index is 13.9. The molecule has 1 N–H and O–H groups in total. The quantitative estimate of drug-likeness (QED) is 0.143. The van der Waals surface area contributed by atoms with Crippen LogP contribution in [0.5, 0.6) is 5.75 Å². The van der Waals surface area contributed by atoms with E-state index in [0.29, 0.717) is 47.6 Å². The van der Waals surface area contributed by atoms with Gasteiger partial charge in [-0.05, 0) is 80.1 Å². The van der Waals surface area contributed by atoms with Gasteiger partial charge in [0.2, 0.25) is 0 Å². The van der Waals surface area contributed by atoms with Crippen molar-refractivity contribution in [3.8, 4) is 16.9 Å². The van der Waals surface area contributed by atoms with Gasteiger partial charge in [0.1, 0.15) is 29.5 Å². The Hall–Kier alpha value is -3.72. The fourth-order valence-electron chi connectivity index (χ4n) is 5.18. The Balaban J connectivity index is 1.19. The number of nitrogens with zero attached hydrogens (tertiary/aromatic N) is 3. The number of hydrogen-bond acceptors (Lipinski definition) is 6. The van der Waals surface area contributed by atoms with E-state index in [2.05, 4.69) is 9.97 Å². The van der Waals surface area contributed by atoms with E-state index in [0.717, 1.165) is 48.0 Å². The first-order valence-corrected chi connectivity index (χ1v) is 14.5. The van der Waals surface area contributed by atoms with Gasteiger partial charge in [-0.15, -0.1) is 0 Å². The fourth-order valence-corrected chi connectivity index (χ4v) is 5.37. The van der Waals surface area contributed by atoms with Gasteiger partial charge in [0.25, 0.3) is 0 Å². The molecule has 1 aliphatic heterocycles. The zero-order chi connectivity index (χ0) is 28.4. The van der Waals surface area contributed by atoms with Crippen LogP contribution in [0.2, 0.25) is 5.02 Å². The second-order valence-corrected chi connectivity index (χ2v) is 11.1. The maximum Gasteiger partial charge on any atom is 0.196 e. The molecular weight excluding hydrogens is 540 g/mol. The molecule has 0 saturated carbocycles. The van der Waals surface area contributed by atoms with Crippen LogP contribution < -0.4 is 4.74 Å². The summed E-state index contributed by atoms with van der Waals surface area (Å²) in [6.45, 7) is 5.51. The summed E-state index contributed by atoms with van der Waals surface area (Å²) < 4.78 is 19.0. The first-order chi connectivity index (χ1) is 19.9. The highest BCUT2D eigenvalue weighted by Crippen LogP contribution is 2.33. The van der Waals surface area contributed by atoms with Gasteiger partial charge in [-0.1, -0.05) is 36.7 Å². The van der Waals surface area contributed by atoms with Crippen LogP contribution in [0.4, 0.5) is 0 Å². The van der Waals surface area contributed by atoms with Crippen molar-refractivity contribution in [2.75, 3.05) is 19.8 Å². The highest BCUT2D eigenvalue weighted by atomic mass is 35.5. The largest absolute Gasteiger partial charge is 0.490 e. The van der Waals surface area contributed by atoms with E-state index in [1.165, 1.54) is 0 Å². The molecule has 2 atom stereocenters. The molecule has 212 valence electrons. The number of ketones is 1. The van der Waals surface area contributed by atoms with E-state index in [1.807, 2.05) is 79.0 Å². The van der Waals surface area contributed by atoms with Gasteiger partial charge in [0, 0.05) is 17.8 Å². The molecule has 1 fully saturated rings. The monoisotopic (exact) mass is 572 g/mol. The van der Waals surface area contributed by atoms with Crippen LogP contribution in [0.25, 0.3) is 27.8 Å². The third-order valence-corrected chi connectivity index (χ3v) is 8.06. The van der Waals surface area contributed by atoms with Crippen molar-refractivity contribution in [1.29, 1.82) is 0 Å². The number of ether oxygens (including phenoxy) is 3. The first kappa shape index (κ1) is 27.4. The molecule has 0 bridgehead atoms. The highest BCUT2D eigenvalue weighted by Gasteiger charge is 2.38. The molecule has 9 heteroatoms. The summed E-state index contributed by atoms with van der Waals surface area (Å²) in [5, 5.41) is 0.682. The smallest absolute Gasteiger partial charge is 0.196 e. The SMILES string of the molecule is CCC(C)(C(=O)c1cn2cc(OCCOC3CCCCO3)ccc2n1)c1nc2ccc(-c3cccc(Cl)c3)cc2[nH]1. The van der Waals surface area contributed by atoms with Crippen molar-refractivity contribution in [3.63, 3.8) is 0 Å². The number of Topliss-reactive ketones (excluding diaryl/α,β-unsaturated/α-hetero) is 1. The molecule has 3 aromatic heterocycles. The Morgan fingerprint density at radius 2 is 1.98 bits per heavy atom.